The van der Waals surface area contributed by atoms with Crippen LogP contribution in [0.2, 0.25) is 0 Å². The highest BCUT2D eigenvalue weighted by molar-refractivity contribution is 14.1. The minimum atomic E-state index is -1.06. The molecule has 0 aliphatic heterocycles. The molecule has 2 aromatic carbocycles. The summed E-state index contributed by atoms with van der Waals surface area (Å²) in [5.74, 6) is -1.32. The van der Waals surface area contributed by atoms with Crippen LogP contribution in [0.3, 0.4) is 0 Å². The number of benzene rings is 2. The van der Waals surface area contributed by atoms with Gasteiger partial charge in [0.15, 0.2) is 0 Å². The Labute approximate surface area is 143 Å². The van der Waals surface area contributed by atoms with Crippen LogP contribution in [0.4, 0.5) is 5.69 Å². The first-order valence-electron chi connectivity index (χ1n) is 6.03. The Morgan fingerprint density at radius 2 is 1.95 bits per heavy atom. The van der Waals surface area contributed by atoms with Crippen molar-refractivity contribution in [2.75, 3.05) is 5.32 Å². The highest BCUT2D eigenvalue weighted by Crippen LogP contribution is 2.19. The molecule has 21 heavy (non-hydrogen) atoms. The average Bonchev–Trinajstić information content (AvgIpc) is 2.40. The van der Waals surface area contributed by atoms with Gasteiger partial charge in [-0.25, -0.2) is 4.79 Å². The summed E-state index contributed by atoms with van der Waals surface area (Å²) in [6, 6.07) is 12.3. The molecule has 2 rings (SSSR count). The maximum atomic E-state index is 12.0. The van der Waals surface area contributed by atoms with Gasteiger partial charge >= 0.3 is 5.97 Å². The molecule has 1 amide bonds. The molecule has 2 N–H and O–H groups in total. The monoisotopic (exact) mass is 459 g/mol. The molecule has 0 fully saturated rings. The normalized spacial score (nSPS) is 10.2. The Bertz CT molecular complexity index is 703. The lowest BCUT2D eigenvalue weighted by molar-refractivity contribution is -0.115. The van der Waals surface area contributed by atoms with E-state index in [1.807, 2.05) is 46.9 Å². The standard InChI is InChI=1S/C15H11BrINO3/c16-10-3-1-2-9(6-10)7-14(19)18-13-5-4-11(17)8-12(13)15(20)21/h1-6,8H,7H2,(H,18,19)(H,20,21). The van der Waals surface area contributed by atoms with E-state index in [0.717, 1.165) is 13.6 Å². The van der Waals surface area contributed by atoms with Crippen LogP contribution in [0.5, 0.6) is 0 Å². The third-order valence-electron chi connectivity index (χ3n) is 2.74. The first-order valence-corrected chi connectivity index (χ1v) is 7.90. The third kappa shape index (κ3) is 4.53. The van der Waals surface area contributed by atoms with E-state index >= 15 is 0 Å². The van der Waals surface area contributed by atoms with Crippen molar-refractivity contribution in [2.24, 2.45) is 0 Å². The van der Waals surface area contributed by atoms with E-state index in [-0.39, 0.29) is 17.9 Å². The lowest BCUT2D eigenvalue weighted by Gasteiger charge is -2.09. The van der Waals surface area contributed by atoms with Gasteiger partial charge in [0.1, 0.15) is 0 Å². The summed E-state index contributed by atoms with van der Waals surface area (Å²) in [6.45, 7) is 0. The van der Waals surface area contributed by atoms with E-state index in [9.17, 15) is 9.59 Å². The Hall–Kier alpha value is -1.41. The van der Waals surface area contributed by atoms with Crippen LogP contribution in [0.25, 0.3) is 0 Å². The number of carbonyl (C=O) groups is 2. The van der Waals surface area contributed by atoms with Gasteiger partial charge in [0.05, 0.1) is 17.7 Å². The lowest BCUT2D eigenvalue weighted by Crippen LogP contribution is -2.17. The smallest absolute Gasteiger partial charge is 0.337 e. The molecule has 0 atom stereocenters. The Balaban J connectivity index is 2.15. The minimum Gasteiger partial charge on any atom is -0.478 e. The molecule has 0 spiro atoms. The van der Waals surface area contributed by atoms with E-state index in [2.05, 4.69) is 21.2 Å². The van der Waals surface area contributed by atoms with Crippen molar-refractivity contribution in [1.82, 2.24) is 0 Å². The molecular formula is C15H11BrINO3. The fourth-order valence-corrected chi connectivity index (χ4v) is 2.77. The average molecular weight is 460 g/mol. The number of halogens is 2. The number of anilines is 1. The lowest BCUT2D eigenvalue weighted by atomic mass is 10.1. The number of hydrogen-bond donors (Lipinski definition) is 2. The molecule has 0 unspecified atom stereocenters. The second-order valence-electron chi connectivity index (χ2n) is 4.35. The van der Waals surface area contributed by atoms with E-state index in [4.69, 9.17) is 5.11 Å². The van der Waals surface area contributed by atoms with Crippen molar-refractivity contribution in [1.29, 1.82) is 0 Å². The summed E-state index contributed by atoms with van der Waals surface area (Å²) in [6.07, 6.45) is 0.185. The van der Waals surface area contributed by atoms with Crippen LogP contribution in [0.15, 0.2) is 46.9 Å². The quantitative estimate of drug-likeness (QED) is 0.680. The highest BCUT2D eigenvalue weighted by Gasteiger charge is 2.13. The van der Waals surface area contributed by atoms with E-state index in [1.165, 1.54) is 6.07 Å². The summed E-state index contributed by atoms with van der Waals surface area (Å²) in [4.78, 5) is 23.2. The van der Waals surface area contributed by atoms with Crippen LogP contribution in [0.1, 0.15) is 15.9 Å². The van der Waals surface area contributed by atoms with Gasteiger partial charge in [0.2, 0.25) is 5.91 Å². The van der Waals surface area contributed by atoms with Crippen molar-refractivity contribution in [2.45, 2.75) is 6.42 Å². The van der Waals surface area contributed by atoms with E-state index in [1.54, 1.807) is 12.1 Å². The van der Waals surface area contributed by atoms with Crippen molar-refractivity contribution in [3.63, 3.8) is 0 Å². The van der Waals surface area contributed by atoms with E-state index < -0.39 is 5.97 Å². The number of amides is 1. The summed E-state index contributed by atoms with van der Waals surface area (Å²) in [5.41, 5.74) is 1.25. The molecule has 0 saturated carbocycles. The van der Waals surface area contributed by atoms with Crippen LogP contribution in [-0.4, -0.2) is 17.0 Å². The van der Waals surface area contributed by atoms with Gasteiger partial charge in [-0.3, -0.25) is 4.79 Å². The number of rotatable bonds is 4. The van der Waals surface area contributed by atoms with Crippen LogP contribution < -0.4 is 5.32 Å². The topological polar surface area (TPSA) is 66.4 Å². The van der Waals surface area contributed by atoms with Crippen molar-refractivity contribution in [3.8, 4) is 0 Å². The molecule has 0 saturated heterocycles. The van der Waals surface area contributed by atoms with Gasteiger partial charge in [-0.2, -0.15) is 0 Å². The summed E-state index contributed by atoms with van der Waals surface area (Å²) >= 11 is 5.38. The zero-order valence-electron chi connectivity index (χ0n) is 10.8. The summed E-state index contributed by atoms with van der Waals surface area (Å²) < 4.78 is 1.70. The number of carboxylic acid groups (broad SMARTS) is 1. The fourth-order valence-electron chi connectivity index (χ4n) is 1.83. The number of carbonyl (C=O) groups excluding carboxylic acids is 1. The molecule has 0 aromatic heterocycles. The second kappa shape index (κ2) is 7.04. The van der Waals surface area contributed by atoms with Crippen molar-refractivity contribution < 1.29 is 14.7 Å². The van der Waals surface area contributed by atoms with Gasteiger partial charge < -0.3 is 10.4 Å². The first kappa shape index (κ1) is 16.0. The molecule has 0 aliphatic carbocycles. The Morgan fingerprint density at radius 1 is 1.19 bits per heavy atom. The van der Waals surface area contributed by atoms with Crippen LogP contribution >= 0.6 is 38.5 Å². The molecule has 0 bridgehead atoms. The fraction of sp³-hybridized carbons (Fsp3) is 0.0667. The number of carboxylic acids is 1. The van der Waals surface area contributed by atoms with Gasteiger partial charge in [0, 0.05) is 8.04 Å². The molecule has 0 radical (unpaired) electrons. The summed E-state index contributed by atoms with van der Waals surface area (Å²) in [7, 11) is 0. The largest absolute Gasteiger partial charge is 0.478 e. The zero-order valence-corrected chi connectivity index (χ0v) is 14.5. The molecule has 0 aliphatic rings. The predicted molar refractivity (Wildman–Crippen MR) is 92.6 cm³/mol. The molecular weight excluding hydrogens is 449 g/mol. The molecule has 108 valence electrons. The first-order chi connectivity index (χ1) is 9.95. The second-order valence-corrected chi connectivity index (χ2v) is 6.51. The zero-order chi connectivity index (χ0) is 15.4. The number of nitrogens with one attached hydrogen (secondary N) is 1. The Kier molecular flexibility index (Phi) is 5.35. The van der Waals surface area contributed by atoms with Crippen LogP contribution in [-0.2, 0) is 11.2 Å². The van der Waals surface area contributed by atoms with E-state index in [0.29, 0.717) is 5.69 Å². The van der Waals surface area contributed by atoms with Crippen molar-refractivity contribution in [3.05, 3.63) is 61.6 Å². The number of hydrogen-bond acceptors (Lipinski definition) is 2. The van der Waals surface area contributed by atoms with Gasteiger partial charge in [0.25, 0.3) is 0 Å². The SMILES string of the molecule is O=C(Cc1cccc(Br)c1)Nc1ccc(I)cc1C(=O)O. The van der Waals surface area contributed by atoms with Crippen LogP contribution in [0, 0.1) is 3.57 Å². The van der Waals surface area contributed by atoms with Crippen molar-refractivity contribution >= 4 is 56.1 Å². The number of aromatic carboxylic acids is 1. The molecule has 4 nitrogen and oxygen atoms in total. The molecule has 2 aromatic rings. The van der Waals surface area contributed by atoms with Gasteiger partial charge in [-0.05, 0) is 58.5 Å². The van der Waals surface area contributed by atoms with Gasteiger partial charge in [-0.15, -0.1) is 0 Å². The summed E-state index contributed by atoms with van der Waals surface area (Å²) in [5, 5.41) is 11.8. The maximum absolute atomic E-state index is 12.0. The highest BCUT2D eigenvalue weighted by atomic mass is 127. The third-order valence-corrected chi connectivity index (χ3v) is 3.90. The maximum Gasteiger partial charge on any atom is 0.337 e. The predicted octanol–water partition coefficient (Wildman–Crippen LogP) is 3.93. The van der Waals surface area contributed by atoms with Gasteiger partial charge in [-0.1, -0.05) is 28.1 Å². The molecule has 0 heterocycles. The Morgan fingerprint density at radius 3 is 2.62 bits per heavy atom. The minimum absolute atomic E-state index is 0.0875. The molecule has 6 heteroatoms.